The first kappa shape index (κ1) is 22.8. The largest absolute Gasteiger partial charge is 0.454 e. The Morgan fingerprint density at radius 1 is 1.19 bits per heavy atom. The van der Waals surface area contributed by atoms with Crippen LogP contribution in [0.15, 0.2) is 35.7 Å². The van der Waals surface area contributed by atoms with Crippen LogP contribution in [-0.4, -0.2) is 29.1 Å². The van der Waals surface area contributed by atoms with Gasteiger partial charge in [0, 0.05) is 28.2 Å². The number of aromatic nitrogens is 1. The summed E-state index contributed by atoms with van der Waals surface area (Å²) in [7, 11) is 0. The van der Waals surface area contributed by atoms with Gasteiger partial charge in [-0.2, -0.15) is 0 Å². The van der Waals surface area contributed by atoms with E-state index in [1.807, 2.05) is 34.9 Å². The minimum absolute atomic E-state index is 0.159. The molecule has 4 rings (SSSR count). The van der Waals surface area contributed by atoms with E-state index in [4.69, 9.17) is 9.47 Å². The zero-order chi connectivity index (χ0) is 22.5. The first-order valence-electron chi connectivity index (χ1n) is 10.8. The first-order valence-corrected chi connectivity index (χ1v) is 12.5. The third-order valence-electron chi connectivity index (χ3n) is 5.23. The van der Waals surface area contributed by atoms with Crippen LogP contribution in [-0.2, 0) is 19.6 Å². The number of carbonyl (C=O) groups excluding carboxylic acids is 1. The molecule has 2 aromatic heterocycles. The summed E-state index contributed by atoms with van der Waals surface area (Å²) in [5.74, 6) is 1.95. The minimum Gasteiger partial charge on any atom is -0.454 e. The minimum atomic E-state index is -0.159. The Morgan fingerprint density at radius 2 is 2.03 bits per heavy atom. The summed E-state index contributed by atoms with van der Waals surface area (Å²) in [6, 6.07) is 10.1. The standard InChI is InChI=1S/C24H29N3O3S2/c1-16(2)8-9-27(12-19-6-4-17(3)32-19)13-23-26-20(14-31-23)24(28)25-11-18-5-7-21-22(10-18)30-15-29-21/h4-7,10,14,16H,8-9,11-13,15H2,1-3H3,(H,25,28). The topological polar surface area (TPSA) is 63.7 Å². The van der Waals surface area contributed by atoms with E-state index in [2.05, 4.69) is 48.1 Å². The number of ether oxygens (including phenoxy) is 2. The molecule has 1 amide bonds. The van der Waals surface area contributed by atoms with E-state index in [0.717, 1.165) is 48.1 Å². The monoisotopic (exact) mass is 471 g/mol. The van der Waals surface area contributed by atoms with Gasteiger partial charge in [0.1, 0.15) is 10.7 Å². The number of thiazole rings is 1. The number of hydrogen-bond donors (Lipinski definition) is 1. The van der Waals surface area contributed by atoms with Crippen LogP contribution in [0.25, 0.3) is 0 Å². The molecule has 170 valence electrons. The molecule has 0 atom stereocenters. The fourth-order valence-electron chi connectivity index (χ4n) is 3.45. The van der Waals surface area contributed by atoms with Gasteiger partial charge in [0.25, 0.3) is 5.91 Å². The summed E-state index contributed by atoms with van der Waals surface area (Å²) in [5, 5.41) is 5.77. The number of nitrogens with zero attached hydrogens (tertiary/aromatic N) is 2. The van der Waals surface area contributed by atoms with Crippen LogP contribution < -0.4 is 14.8 Å². The maximum atomic E-state index is 12.6. The molecule has 0 saturated heterocycles. The average Bonchev–Trinajstić information content (AvgIpc) is 3.51. The second-order valence-electron chi connectivity index (χ2n) is 8.40. The third kappa shape index (κ3) is 6.09. The van der Waals surface area contributed by atoms with Crippen LogP contribution in [0.3, 0.4) is 0 Å². The maximum absolute atomic E-state index is 12.6. The molecule has 0 spiro atoms. The number of benzene rings is 1. The Balaban J connectivity index is 1.34. The van der Waals surface area contributed by atoms with E-state index in [-0.39, 0.29) is 12.7 Å². The molecular weight excluding hydrogens is 442 g/mol. The lowest BCUT2D eigenvalue weighted by Gasteiger charge is -2.21. The number of rotatable bonds is 10. The van der Waals surface area contributed by atoms with Crippen molar-refractivity contribution in [1.29, 1.82) is 0 Å². The van der Waals surface area contributed by atoms with Gasteiger partial charge < -0.3 is 14.8 Å². The lowest BCUT2D eigenvalue weighted by atomic mass is 10.1. The highest BCUT2D eigenvalue weighted by Crippen LogP contribution is 2.32. The van der Waals surface area contributed by atoms with Crippen molar-refractivity contribution in [2.45, 2.75) is 46.8 Å². The Hall–Kier alpha value is -2.42. The zero-order valence-electron chi connectivity index (χ0n) is 18.7. The molecule has 0 fully saturated rings. The average molecular weight is 472 g/mol. The number of nitrogens with one attached hydrogen (secondary N) is 1. The molecule has 1 N–H and O–H groups in total. The van der Waals surface area contributed by atoms with Crippen molar-refractivity contribution >= 4 is 28.6 Å². The van der Waals surface area contributed by atoms with E-state index in [0.29, 0.717) is 18.2 Å². The number of fused-ring (bicyclic) bond motifs is 1. The molecule has 3 heterocycles. The quantitative estimate of drug-likeness (QED) is 0.439. The van der Waals surface area contributed by atoms with E-state index >= 15 is 0 Å². The summed E-state index contributed by atoms with van der Waals surface area (Å²) in [4.78, 5) is 22.4. The lowest BCUT2D eigenvalue weighted by molar-refractivity contribution is 0.0946. The van der Waals surface area contributed by atoms with Crippen LogP contribution in [0, 0.1) is 12.8 Å². The molecule has 3 aromatic rings. The van der Waals surface area contributed by atoms with Gasteiger partial charge >= 0.3 is 0 Å². The molecule has 0 radical (unpaired) electrons. The van der Waals surface area contributed by atoms with Gasteiger partial charge in [0.15, 0.2) is 11.5 Å². The zero-order valence-corrected chi connectivity index (χ0v) is 20.4. The van der Waals surface area contributed by atoms with Crippen LogP contribution in [0.2, 0.25) is 0 Å². The summed E-state index contributed by atoms with van der Waals surface area (Å²) >= 11 is 3.39. The van der Waals surface area contributed by atoms with E-state index < -0.39 is 0 Å². The molecular formula is C24H29N3O3S2. The Bertz CT molecular complexity index is 1060. The summed E-state index contributed by atoms with van der Waals surface area (Å²) in [6.45, 7) is 9.98. The molecule has 32 heavy (non-hydrogen) atoms. The Kier molecular flexibility index (Phi) is 7.44. The first-order chi connectivity index (χ1) is 15.5. The number of hydrogen-bond acceptors (Lipinski definition) is 7. The number of amides is 1. The molecule has 0 bridgehead atoms. The molecule has 0 aliphatic carbocycles. The van der Waals surface area contributed by atoms with Crippen molar-refractivity contribution in [3.63, 3.8) is 0 Å². The van der Waals surface area contributed by atoms with Crippen LogP contribution >= 0.6 is 22.7 Å². The molecule has 6 nitrogen and oxygen atoms in total. The van der Waals surface area contributed by atoms with Crippen molar-refractivity contribution in [1.82, 2.24) is 15.2 Å². The van der Waals surface area contributed by atoms with Gasteiger partial charge in [-0.15, -0.1) is 22.7 Å². The van der Waals surface area contributed by atoms with Crippen molar-refractivity contribution in [2.75, 3.05) is 13.3 Å². The van der Waals surface area contributed by atoms with E-state index in [1.165, 1.54) is 9.75 Å². The maximum Gasteiger partial charge on any atom is 0.271 e. The number of aryl methyl sites for hydroxylation is 1. The SMILES string of the molecule is Cc1ccc(CN(CCC(C)C)Cc2nc(C(=O)NCc3ccc4c(c3)OCO4)cs2)s1. The molecule has 1 aliphatic heterocycles. The van der Waals surface area contributed by atoms with Gasteiger partial charge in [-0.25, -0.2) is 4.98 Å². The normalized spacial score (nSPS) is 12.7. The van der Waals surface area contributed by atoms with Gasteiger partial charge in [-0.05, 0) is 55.6 Å². The third-order valence-corrected chi connectivity index (χ3v) is 7.05. The number of thiophene rings is 1. The second-order valence-corrected chi connectivity index (χ2v) is 10.7. The molecule has 0 saturated carbocycles. The summed E-state index contributed by atoms with van der Waals surface area (Å²) < 4.78 is 10.7. The van der Waals surface area contributed by atoms with Crippen LogP contribution in [0.4, 0.5) is 0 Å². The van der Waals surface area contributed by atoms with Crippen LogP contribution in [0.1, 0.15) is 51.1 Å². The number of carbonyl (C=O) groups is 1. The summed E-state index contributed by atoms with van der Waals surface area (Å²) in [5.41, 5.74) is 1.44. The highest BCUT2D eigenvalue weighted by molar-refractivity contribution is 7.11. The Labute approximate surface area is 197 Å². The highest BCUT2D eigenvalue weighted by atomic mass is 32.1. The van der Waals surface area contributed by atoms with Crippen molar-refractivity contribution in [2.24, 2.45) is 5.92 Å². The van der Waals surface area contributed by atoms with Crippen LogP contribution in [0.5, 0.6) is 11.5 Å². The fourth-order valence-corrected chi connectivity index (χ4v) is 5.20. The molecule has 8 heteroatoms. The van der Waals surface area contributed by atoms with Crippen molar-refractivity contribution < 1.29 is 14.3 Å². The molecule has 1 aromatic carbocycles. The fraction of sp³-hybridized carbons (Fsp3) is 0.417. The summed E-state index contributed by atoms with van der Waals surface area (Å²) in [6.07, 6.45) is 1.14. The van der Waals surface area contributed by atoms with Gasteiger partial charge in [0.05, 0.1) is 6.54 Å². The molecule has 1 aliphatic rings. The second kappa shape index (κ2) is 10.5. The predicted octanol–water partition coefficient (Wildman–Crippen LogP) is 5.22. The van der Waals surface area contributed by atoms with Crippen molar-refractivity contribution in [3.05, 3.63) is 61.7 Å². The van der Waals surface area contributed by atoms with Crippen molar-refractivity contribution in [3.8, 4) is 11.5 Å². The van der Waals surface area contributed by atoms with Gasteiger partial charge in [-0.1, -0.05) is 19.9 Å². The van der Waals surface area contributed by atoms with E-state index in [1.54, 1.807) is 11.3 Å². The smallest absolute Gasteiger partial charge is 0.271 e. The highest BCUT2D eigenvalue weighted by Gasteiger charge is 2.16. The van der Waals surface area contributed by atoms with Gasteiger partial charge in [-0.3, -0.25) is 9.69 Å². The predicted molar refractivity (Wildman–Crippen MR) is 128 cm³/mol. The van der Waals surface area contributed by atoms with Gasteiger partial charge in [0.2, 0.25) is 6.79 Å². The van der Waals surface area contributed by atoms with E-state index in [9.17, 15) is 4.79 Å². The lowest BCUT2D eigenvalue weighted by Crippen LogP contribution is -2.25. The Morgan fingerprint density at radius 3 is 2.81 bits per heavy atom. The molecule has 0 unspecified atom stereocenters.